The fourth-order valence-electron chi connectivity index (χ4n) is 2.69. The van der Waals surface area contributed by atoms with Gasteiger partial charge < -0.3 is 14.6 Å². The van der Waals surface area contributed by atoms with Gasteiger partial charge in [-0.15, -0.1) is 0 Å². The Hall–Kier alpha value is -2.08. The molecule has 0 saturated heterocycles. The van der Waals surface area contributed by atoms with Crippen molar-refractivity contribution in [2.24, 2.45) is 0 Å². The van der Waals surface area contributed by atoms with Crippen LogP contribution in [0.4, 0.5) is 4.39 Å². The Morgan fingerprint density at radius 3 is 2.95 bits per heavy atom. The summed E-state index contributed by atoms with van der Waals surface area (Å²) in [4.78, 5) is 27.5. The first kappa shape index (κ1) is 14.8. The average Bonchev–Trinajstić information content (AvgIpc) is 2.87. The highest BCUT2D eigenvalue weighted by atomic mass is 35.5. The number of hydrogen-bond acceptors (Lipinski definition) is 3. The van der Waals surface area contributed by atoms with Crippen LogP contribution in [-0.4, -0.2) is 34.9 Å². The third-order valence-corrected chi connectivity index (χ3v) is 4.08. The van der Waals surface area contributed by atoms with Crippen molar-refractivity contribution in [2.45, 2.75) is 19.9 Å². The maximum atomic E-state index is 14.0. The predicted molar refractivity (Wildman–Crippen MR) is 79.0 cm³/mol. The zero-order valence-corrected chi connectivity index (χ0v) is 12.7. The van der Waals surface area contributed by atoms with Crippen molar-refractivity contribution in [3.63, 3.8) is 0 Å². The van der Waals surface area contributed by atoms with E-state index in [2.05, 4.69) is 4.98 Å². The largest absolute Gasteiger partial charge is 0.456 e. The smallest absolute Gasteiger partial charge is 0.303 e. The second-order valence-electron chi connectivity index (χ2n) is 5.21. The van der Waals surface area contributed by atoms with Crippen LogP contribution in [0.3, 0.4) is 0 Å². The van der Waals surface area contributed by atoms with Crippen molar-refractivity contribution in [1.82, 2.24) is 9.88 Å². The Kier molecular flexibility index (Phi) is 3.78. The number of aromatic amines is 1. The number of halogens is 2. The van der Waals surface area contributed by atoms with Crippen molar-refractivity contribution in [2.75, 3.05) is 13.2 Å². The van der Waals surface area contributed by atoms with Crippen molar-refractivity contribution in [1.29, 1.82) is 0 Å². The number of hydrogen-bond donors (Lipinski definition) is 1. The SMILES string of the molecule is CC(=O)OCC(=O)N1CCc2[nH]c3c(F)c(Cl)ccc3c2C1. The lowest BCUT2D eigenvalue weighted by molar-refractivity contribution is -0.150. The van der Waals surface area contributed by atoms with E-state index >= 15 is 0 Å². The third-order valence-electron chi connectivity index (χ3n) is 3.79. The van der Waals surface area contributed by atoms with E-state index in [9.17, 15) is 14.0 Å². The number of fused-ring (bicyclic) bond motifs is 3. The van der Waals surface area contributed by atoms with Gasteiger partial charge in [-0.1, -0.05) is 17.7 Å². The summed E-state index contributed by atoms with van der Waals surface area (Å²) in [6, 6.07) is 3.25. The van der Waals surface area contributed by atoms with Gasteiger partial charge in [-0.3, -0.25) is 9.59 Å². The molecule has 3 rings (SSSR count). The molecule has 5 nitrogen and oxygen atoms in total. The minimum absolute atomic E-state index is 0.0638. The Bertz CT molecular complexity index is 772. The fourth-order valence-corrected chi connectivity index (χ4v) is 2.85. The van der Waals surface area contributed by atoms with E-state index in [-0.39, 0.29) is 17.5 Å². The van der Waals surface area contributed by atoms with Crippen LogP contribution in [0.2, 0.25) is 5.02 Å². The van der Waals surface area contributed by atoms with Crippen molar-refractivity contribution in [3.05, 3.63) is 34.2 Å². The number of aromatic nitrogens is 1. The molecule has 0 spiro atoms. The molecule has 1 aromatic carbocycles. The van der Waals surface area contributed by atoms with Gasteiger partial charge in [0.25, 0.3) is 5.91 Å². The number of ether oxygens (including phenoxy) is 1. The summed E-state index contributed by atoms with van der Waals surface area (Å²) in [5, 5.41) is 0.788. The highest BCUT2D eigenvalue weighted by Crippen LogP contribution is 2.31. The minimum atomic E-state index is -0.491. The monoisotopic (exact) mass is 324 g/mol. The molecule has 1 amide bonds. The van der Waals surface area contributed by atoms with Gasteiger partial charge in [-0.25, -0.2) is 4.39 Å². The molecule has 0 fully saturated rings. The molecule has 0 bridgehead atoms. The molecule has 7 heteroatoms. The number of carbonyl (C=O) groups excluding carboxylic acids is 2. The van der Waals surface area contributed by atoms with E-state index in [4.69, 9.17) is 16.3 Å². The van der Waals surface area contributed by atoms with Gasteiger partial charge >= 0.3 is 5.97 Å². The minimum Gasteiger partial charge on any atom is -0.456 e. The van der Waals surface area contributed by atoms with Crippen LogP contribution < -0.4 is 0 Å². The van der Waals surface area contributed by atoms with Crippen LogP contribution in [-0.2, 0) is 27.3 Å². The van der Waals surface area contributed by atoms with Crippen LogP contribution in [0.25, 0.3) is 10.9 Å². The fraction of sp³-hybridized carbons (Fsp3) is 0.333. The molecule has 1 aliphatic rings. The Labute approximate surface area is 131 Å². The van der Waals surface area contributed by atoms with Crippen molar-refractivity contribution >= 4 is 34.4 Å². The van der Waals surface area contributed by atoms with E-state index in [0.717, 1.165) is 16.6 Å². The van der Waals surface area contributed by atoms with Gasteiger partial charge in [-0.05, 0) is 6.07 Å². The molecular formula is C15H14ClFN2O3. The number of benzene rings is 1. The summed E-state index contributed by atoms with van der Waals surface area (Å²) in [6.45, 7) is 1.84. The van der Waals surface area contributed by atoms with Gasteiger partial charge in [0.1, 0.15) is 0 Å². The number of carbonyl (C=O) groups is 2. The Morgan fingerprint density at radius 1 is 1.45 bits per heavy atom. The molecule has 2 aromatic rings. The summed E-state index contributed by atoms with van der Waals surface area (Å²) < 4.78 is 18.8. The lowest BCUT2D eigenvalue weighted by atomic mass is 10.0. The summed E-state index contributed by atoms with van der Waals surface area (Å²) in [5.74, 6) is -1.23. The van der Waals surface area contributed by atoms with E-state index < -0.39 is 11.8 Å². The van der Waals surface area contributed by atoms with Crippen LogP contribution in [0.15, 0.2) is 12.1 Å². The summed E-state index contributed by atoms with van der Waals surface area (Å²) in [6.07, 6.45) is 0.590. The van der Waals surface area contributed by atoms with Crippen LogP contribution in [0, 0.1) is 5.82 Å². The molecule has 1 N–H and O–H groups in total. The maximum absolute atomic E-state index is 14.0. The molecule has 0 radical (unpaired) electrons. The molecule has 0 saturated carbocycles. The number of H-pyrrole nitrogens is 1. The number of rotatable bonds is 2. The topological polar surface area (TPSA) is 62.4 Å². The highest BCUT2D eigenvalue weighted by Gasteiger charge is 2.25. The number of amides is 1. The molecule has 22 heavy (non-hydrogen) atoms. The lowest BCUT2D eigenvalue weighted by Crippen LogP contribution is -2.38. The second kappa shape index (κ2) is 5.61. The van der Waals surface area contributed by atoms with Crippen molar-refractivity contribution in [3.8, 4) is 0 Å². The molecule has 0 aliphatic carbocycles. The molecule has 0 atom stereocenters. The summed E-state index contributed by atoms with van der Waals surface area (Å²) in [5.41, 5.74) is 2.16. The maximum Gasteiger partial charge on any atom is 0.303 e. The highest BCUT2D eigenvalue weighted by molar-refractivity contribution is 6.31. The summed E-state index contributed by atoms with van der Waals surface area (Å²) in [7, 11) is 0. The Balaban J connectivity index is 1.88. The van der Waals surface area contributed by atoms with Crippen LogP contribution >= 0.6 is 11.6 Å². The van der Waals surface area contributed by atoms with E-state index in [1.165, 1.54) is 13.0 Å². The molecule has 0 unspecified atom stereocenters. The van der Waals surface area contributed by atoms with Gasteiger partial charge in [0.15, 0.2) is 12.4 Å². The first-order valence-electron chi connectivity index (χ1n) is 6.86. The standard InChI is InChI=1S/C15H14ClFN2O3/c1-8(20)22-7-13(21)19-5-4-12-10(6-19)9-2-3-11(16)14(17)15(9)18-12/h2-3,18H,4-7H2,1H3. The normalized spacial score (nSPS) is 14.0. The van der Waals surface area contributed by atoms with Crippen molar-refractivity contribution < 1.29 is 18.7 Å². The Morgan fingerprint density at radius 2 is 2.23 bits per heavy atom. The van der Waals surface area contributed by atoms with Gasteiger partial charge in [0.05, 0.1) is 10.5 Å². The van der Waals surface area contributed by atoms with Gasteiger partial charge in [0.2, 0.25) is 0 Å². The number of nitrogens with zero attached hydrogens (tertiary/aromatic N) is 1. The lowest BCUT2D eigenvalue weighted by Gasteiger charge is -2.27. The molecule has 116 valence electrons. The molecular weight excluding hydrogens is 311 g/mol. The summed E-state index contributed by atoms with van der Waals surface area (Å²) >= 11 is 5.79. The van der Waals surface area contributed by atoms with Gasteiger partial charge in [-0.2, -0.15) is 0 Å². The average molecular weight is 325 g/mol. The molecule has 1 aliphatic heterocycles. The number of esters is 1. The van der Waals surface area contributed by atoms with Gasteiger partial charge in [0, 0.05) is 43.1 Å². The van der Waals surface area contributed by atoms with Crippen LogP contribution in [0.5, 0.6) is 0 Å². The quantitative estimate of drug-likeness (QED) is 0.863. The number of nitrogens with one attached hydrogen (secondary N) is 1. The van der Waals surface area contributed by atoms with Crippen LogP contribution in [0.1, 0.15) is 18.2 Å². The zero-order chi connectivity index (χ0) is 15.9. The first-order chi connectivity index (χ1) is 10.5. The first-order valence-corrected chi connectivity index (χ1v) is 7.23. The van der Waals surface area contributed by atoms with E-state index in [0.29, 0.717) is 25.0 Å². The molecule has 1 aromatic heterocycles. The van der Waals surface area contributed by atoms with E-state index in [1.807, 2.05) is 0 Å². The third kappa shape index (κ3) is 2.54. The second-order valence-corrected chi connectivity index (χ2v) is 5.62. The zero-order valence-electron chi connectivity index (χ0n) is 11.9. The van der Waals surface area contributed by atoms with E-state index in [1.54, 1.807) is 11.0 Å². The predicted octanol–water partition coefficient (Wildman–Crippen LogP) is 2.41. The molecule has 2 heterocycles.